The van der Waals surface area contributed by atoms with E-state index in [4.69, 9.17) is 14.2 Å². The molecule has 2 aromatic rings. The summed E-state index contributed by atoms with van der Waals surface area (Å²) in [6.07, 6.45) is 3.08. The number of nitrogens with one attached hydrogen (secondary N) is 2. The minimum Gasteiger partial charge on any atom is -0.493 e. The number of amides is 1. The van der Waals surface area contributed by atoms with Crippen molar-refractivity contribution in [3.05, 3.63) is 45.6 Å². The first-order chi connectivity index (χ1) is 17.2. The van der Waals surface area contributed by atoms with Crippen LogP contribution in [0, 0.1) is 0 Å². The number of carboxylic acid groups (broad SMARTS) is 1. The highest BCUT2D eigenvalue weighted by molar-refractivity contribution is 5.84. The van der Waals surface area contributed by atoms with Crippen LogP contribution in [0.15, 0.2) is 29.1 Å². The Morgan fingerprint density at radius 3 is 2.42 bits per heavy atom. The van der Waals surface area contributed by atoms with Gasteiger partial charge in [-0.2, -0.15) is 0 Å². The Balaban J connectivity index is 2.28. The van der Waals surface area contributed by atoms with Gasteiger partial charge in [-0.1, -0.05) is 25.8 Å². The van der Waals surface area contributed by atoms with Gasteiger partial charge >= 0.3 is 5.97 Å². The van der Waals surface area contributed by atoms with Gasteiger partial charge in [0.2, 0.25) is 17.1 Å². The standard InChI is InChI=1S/C27H34N2O7/c1-6-7-8-21(27(32)33)29-20-12-10-17-18(14-22(20)31)19(28-15(2)30)11-9-16-13-23(34-3)25(35-4)26(36-5)24(16)17/h10,12-14,19,21H,6-9,11H2,1-5H3,(H,28,30)(H,29,31)(H,32,33)/t19-,21+/m1/s1. The molecule has 0 spiro atoms. The Morgan fingerprint density at radius 1 is 1.11 bits per heavy atom. The van der Waals surface area contributed by atoms with Crippen molar-refractivity contribution in [2.45, 2.75) is 58.0 Å². The molecule has 1 aliphatic carbocycles. The van der Waals surface area contributed by atoms with E-state index in [1.807, 2.05) is 13.0 Å². The van der Waals surface area contributed by atoms with Gasteiger partial charge in [0, 0.05) is 12.5 Å². The predicted octanol–water partition coefficient (Wildman–Crippen LogP) is 3.92. The molecule has 0 bridgehead atoms. The van der Waals surface area contributed by atoms with Gasteiger partial charge in [0.25, 0.3) is 0 Å². The third-order valence-corrected chi connectivity index (χ3v) is 6.39. The minimum absolute atomic E-state index is 0.175. The van der Waals surface area contributed by atoms with Crippen LogP contribution in [-0.4, -0.2) is 44.4 Å². The number of carboxylic acids is 1. The van der Waals surface area contributed by atoms with Crippen molar-refractivity contribution in [2.75, 3.05) is 26.6 Å². The van der Waals surface area contributed by atoms with Crippen molar-refractivity contribution in [2.24, 2.45) is 0 Å². The fourth-order valence-electron chi connectivity index (χ4n) is 4.68. The number of hydrogen-bond acceptors (Lipinski definition) is 7. The number of ether oxygens (including phenoxy) is 3. The average molecular weight is 499 g/mol. The largest absolute Gasteiger partial charge is 0.493 e. The highest BCUT2D eigenvalue weighted by Crippen LogP contribution is 2.50. The zero-order valence-corrected chi connectivity index (χ0v) is 21.4. The fraction of sp³-hybridized carbons (Fsp3) is 0.444. The Kier molecular flexibility index (Phi) is 8.79. The van der Waals surface area contributed by atoms with Gasteiger partial charge in [-0.15, -0.1) is 0 Å². The third kappa shape index (κ3) is 5.56. The Labute approximate surface area is 210 Å². The molecule has 2 aromatic carbocycles. The number of aliphatic carboxylic acids is 1. The Bertz CT molecular complexity index is 1200. The first-order valence-electron chi connectivity index (χ1n) is 12.0. The van der Waals surface area contributed by atoms with Gasteiger partial charge in [-0.25, -0.2) is 4.79 Å². The maximum atomic E-state index is 13.3. The molecule has 9 heteroatoms. The zero-order valence-electron chi connectivity index (χ0n) is 21.4. The van der Waals surface area contributed by atoms with Crippen molar-refractivity contribution >= 4 is 17.6 Å². The lowest BCUT2D eigenvalue weighted by atomic mass is 9.95. The number of fused-ring (bicyclic) bond motifs is 3. The van der Waals surface area contributed by atoms with Crippen molar-refractivity contribution in [3.8, 4) is 28.4 Å². The lowest BCUT2D eigenvalue weighted by molar-refractivity contribution is -0.138. The Hall–Kier alpha value is -3.75. The summed E-state index contributed by atoms with van der Waals surface area (Å²) in [6, 6.07) is 5.39. The number of carbonyl (C=O) groups is 2. The number of methoxy groups -OCH3 is 3. The highest BCUT2D eigenvalue weighted by atomic mass is 16.5. The van der Waals surface area contributed by atoms with Crippen molar-refractivity contribution in [1.29, 1.82) is 0 Å². The van der Waals surface area contributed by atoms with Crippen LogP contribution in [0.3, 0.4) is 0 Å². The molecule has 0 unspecified atom stereocenters. The number of benzene rings is 1. The molecule has 3 rings (SSSR count). The highest BCUT2D eigenvalue weighted by Gasteiger charge is 2.29. The molecule has 0 aromatic heterocycles. The van der Waals surface area contributed by atoms with Crippen LogP contribution >= 0.6 is 0 Å². The monoisotopic (exact) mass is 498 g/mol. The molecule has 1 amide bonds. The summed E-state index contributed by atoms with van der Waals surface area (Å²) in [6.45, 7) is 3.41. The molecular formula is C27H34N2O7. The second-order valence-corrected chi connectivity index (χ2v) is 8.77. The quantitative estimate of drug-likeness (QED) is 0.450. The number of carbonyl (C=O) groups excluding carboxylic acids is 1. The number of hydrogen-bond donors (Lipinski definition) is 3. The lowest BCUT2D eigenvalue weighted by Gasteiger charge is -2.19. The molecule has 2 atom stereocenters. The van der Waals surface area contributed by atoms with E-state index in [2.05, 4.69) is 10.6 Å². The molecule has 36 heavy (non-hydrogen) atoms. The predicted molar refractivity (Wildman–Crippen MR) is 137 cm³/mol. The fourth-order valence-corrected chi connectivity index (χ4v) is 4.68. The average Bonchev–Trinajstić information content (AvgIpc) is 3.09. The van der Waals surface area contributed by atoms with Crippen molar-refractivity contribution < 1.29 is 28.9 Å². The molecule has 9 nitrogen and oxygen atoms in total. The number of aryl methyl sites for hydroxylation is 1. The first kappa shape index (κ1) is 26.8. The van der Waals surface area contributed by atoms with Crippen molar-refractivity contribution in [3.63, 3.8) is 0 Å². The summed E-state index contributed by atoms with van der Waals surface area (Å²) in [4.78, 5) is 37.2. The second kappa shape index (κ2) is 11.8. The van der Waals surface area contributed by atoms with E-state index in [9.17, 15) is 19.5 Å². The van der Waals surface area contributed by atoms with Gasteiger partial charge in [-0.05, 0) is 54.2 Å². The molecule has 0 saturated heterocycles. The summed E-state index contributed by atoms with van der Waals surface area (Å²) in [7, 11) is 4.61. The van der Waals surface area contributed by atoms with E-state index >= 15 is 0 Å². The number of anilines is 1. The molecule has 0 radical (unpaired) electrons. The summed E-state index contributed by atoms with van der Waals surface area (Å²) in [5.41, 5.74) is 2.77. The van der Waals surface area contributed by atoms with Crippen LogP contribution in [0.2, 0.25) is 0 Å². The maximum Gasteiger partial charge on any atom is 0.326 e. The first-order valence-corrected chi connectivity index (χ1v) is 12.0. The molecule has 0 saturated carbocycles. The van der Waals surface area contributed by atoms with Crippen molar-refractivity contribution in [1.82, 2.24) is 5.32 Å². The zero-order chi connectivity index (χ0) is 26.4. The van der Waals surface area contributed by atoms with Gasteiger partial charge in [-0.3, -0.25) is 9.59 Å². The summed E-state index contributed by atoms with van der Waals surface area (Å²) < 4.78 is 16.9. The van der Waals surface area contributed by atoms with E-state index in [-0.39, 0.29) is 17.0 Å². The summed E-state index contributed by atoms with van der Waals surface area (Å²) in [5.74, 6) is 0.147. The van der Waals surface area contributed by atoms with Gasteiger partial charge in [0.1, 0.15) is 6.04 Å². The number of unbranched alkanes of at least 4 members (excludes halogenated alkanes) is 1. The van der Waals surface area contributed by atoms with Crippen LogP contribution in [0.1, 0.15) is 56.7 Å². The van der Waals surface area contributed by atoms with Crippen LogP contribution in [0.25, 0.3) is 11.1 Å². The number of rotatable bonds is 10. The van der Waals surface area contributed by atoms with Crippen LogP contribution in [0.5, 0.6) is 17.2 Å². The smallest absolute Gasteiger partial charge is 0.326 e. The molecule has 0 fully saturated rings. The van der Waals surface area contributed by atoms with E-state index in [1.165, 1.54) is 27.2 Å². The van der Waals surface area contributed by atoms with E-state index in [0.29, 0.717) is 54.1 Å². The van der Waals surface area contributed by atoms with E-state index in [1.54, 1.807) is 19.2 Å². The Morgan fingerprint density at radius 2 is 1.83 bits per heavy atom. The van der Waals surface area contributed by atoms with E-state index < -0.39 is 18.1 Å². The maximum absolute atomic E-state index is 13.3. The second-order valence-electron chi connectivity index (χ2n) is 8.77. The summed E-state index contributed by atoms with van der Waals surface area (Å²) >= 11 is 0. The molecule has 194 valence electrons. The molecule has 0 aliphatic heterocycles. The molecule has 0 heterocycles. The van der Waals surface area contributed by atoms with Gasteiger partial charge in [0.05, 0.1) is 33.1 Å². The minimum atomic E-state index is -1.02. The molecule has 1 aliphatic rings. The van der Waals surface area contributed by atoms with Gasteiger partial charge < -0.3 is 30.0 Å². The van der Waals surface area contributed by atoms with Crippen LogP contribution < -0.4 is 30.3 Å². The molecule has 3 N–H and O–H groups in total. The van der Waals surface area contributed by atoms with Crippen LogP contribution in [0.4, 0.5) is 5.69 Å². The lowest BCUT2D eigenvalue weighted by Crippen LogP contribution is -2.31. The molecular weight excluding hydrogens is 464 g/mol. The SMILES string of the molecule is CCCC[C@H](Nc1ccc2c(cc1=O)[C@H](NC(C)=O)CCc1cc(OC)c(OC)c(OC)c1-2)C(=O)O. The van der Waals surface area contributed by atoms with E-state index in [0.717, 1.165) is 17.5 Å². The van der Waals surface area contributed by atoms with Crippen LogP contribution in [-0.2, 0) is 16.0 Å². The van der Waals surface area contributed by atoms with Gasteiger partial charge in [0.15, 0.2) is 11.5 Å². The third-order valence-electron chi connectivity index (χ3n) is 6.39. The summed E-state index contributed by atoms with van der Waals surface area (Å²) in [5, 5.41) is 15.5. The topological polar surface area (TPSA) is 123 Å². The normalized spacial score (nSPS) is 15.0.